The summed E-state index contributed by atoms with van der Waals surface area (Å²) < 4.78 is 3.79. The van der Waals surface area contributed by atoms with E-state index in [0.717, 1.165) is 22.9 Å². The van der Waals surface area contributed by atoms with Crippen LogP contribution >= 0.6 is 0 Å². The quantitative estimate of drug-likeness (QED) is 0.796. The first-order valence-corrected chi connectivity index (χ1v) is 8.30. The van der Waals surface area contributed by atoms with Gasteiger partial charge in [0.15, 0.2) is 0 Å². The average Bonchev–Trinajstić information content (AvgIpc) is 3.12. The highest BCUT2D eigenvalue weighted by atomic mass is 16.1. The van der Waals surface area contributed by atoms with Crippen molar-refractivity contribution in [3.63, 3.8) is 0 Å². The van der Waals surface area contributed by atoms with E-state index in [2.05, 4.69) is 39.0 Å². The first-order valence-electron chi connectivity index (χ1n) is 8.30. The summed E-state index contributed by atoms with van der Waals surface area (Å²) in [5, 5.41) is 7.06. The number of aromatic nitrogens is 4. The molecule has 0 bridgehead atoms. The summed E-state index contributed by atoms with van der Waals surface area (Å²) in [5.74, 6) is 0.615. The molecule has 0 unspecified atom stereocenters. The Morgan fingerprint density at radius 2 is 1.92 bits per heavy atom. The first-order chi connectivity index (χ1) is 11.9. The van der Waals surface area contributed by atoms with Crippen LogP contribution in [0.4, 0.5) is 0 Å². The Hall–Kier alpha value is -2.89. The maximum Gasteiger partial charge on any atom is 0.253 e. The largest absolute Gasteiger partial charge is 0.342 e. The second-order valence-electron chi connectivity index (χ2n) is 6.34. The van der Waals surface area contributed by atoms with Crippen LogP contribution in [-0.2, 0) is 7.05 Å². The van der Waals surface area contributed by atoms with E-state index in [1.807, 2.05) is 46.0 Å². The Morgan fingerprint density at radius 1 is 1.20 bits per heavy atom. The van der Waals surface area contributed by atoms with E-state index in [4.69, 9.17) is 0 Å². The van der Waals surface area contributed by atoms with Crippen molar-refractivity contribution < 1.29 is 4.79 Å². The molecule has 25 heavy (non-hydrogen) atoms. The fraction of sp³-hybridized carbons (Fsp3) is 0.316. The predicted octanol–water partition coefficient (Wildman–Crippen LogP) is 3.02. The van der Waals surface area contributed by atoms with Gasteiger partial charge in [-0.1, -0.05) is 18.2 Å². The summed E-state index contributed by atoms with van der Waals surface area (Å²) in [6.07, 6.45) is 1.49. The zero-order valence-electron chi connectivity index (χ0n) is 15.2. The lowest BCUT2D eigenvalue weighted by molar-refractivity contribution is 0.0937. The molecule has 0 aliphatic heterocycles. The molecule has 0 aliphatic carbocycles. The van der Waals surface area contributed by atoms with Gasteiger partial charge in [0.25, 0.3) is 5.91 Å². The summed E-state index contributed by atoms with van der Waals surface area (Å²) in [6.45, 7) is 7.97. The lowest BCUT2D eigenvalue weighted by atomic mass is 10.2. The maximum atomic E-state index is 12.8. The van der Waals surface area contributed by atoms with Gasteiger partial charge in [-0.3, -0.25) is 9.48 Å². The van der Waals surface area contributed by atoms with Crippen LogP contribution in [0.1, 0.15) is 46.1 Å². The number of para-hydroxylation sites is 1. The van der Waals surface area contributed by atoms with Crippen molar-refractivity contribution in [2.24, 2.45) is 7.05 Å². The van der Waals surface area contributed by atoms with E-state index in [0.29, 0.717) is 5.56 Å². The standard InChI is InChI=1S/C19H23N5O/c1-12-8-6-7-9-17(12)24-13(2)10-16(15(24)4)19(25)22-14(3)18-20-11-21-23(18)5/h6-11,14H,1-5H3,(H,22,25)/t14-/m0/s1. The number of carbonyl (C=O) groups excluding carboxylic acids is 1. The van der Waals surface area contributed by atoms with Crippen LogP contribution in [0.3, 0.4) is 0 Å². The normalized spacial score (nSPS) is 12.2. The van der Waals surface area contributed by atoms with Gasteiger partial charge in [-0.25, -0.2) is 4.98 Å². The van der Waals surface area contributed by atoms with Gasteiger partial charge in [0, 0.05) is 24.1 Å². The molecule has 0 saturated carbocycles. The van der Waals surface area contributed by atoms with Gasteiger partial charge in [0.05, 0.1) is 11.6 Å². The molecule has 0 radical (unpaired) electrons. The molecule has 2 heterocycles. The van der Waals surface area contributed by atoms with Crippen LogP contribution < -0.4 is 5.32 Å². The van der Waals surface area contributed by atoms with Crippen molar-refractivity contribution in [1.29, 1.82) is 0 Å². The SMILES string of the molecule is Cc1ccccc1-n1c(C)cc(C(=O)N[C@@H](C)c2ncnn2C)c1C. The minimum absolute atomic E-state index is 0.108. The minimum Gasteiger partial charge on any atom is -0.342 e. The smallest absolute Gasteiger partial charge is 0.253 e. The highest BCUT2D eigenvalue weighted by molar-refractivity contribution is 5.96. The van der Waals surface area contributed by atoms with Gasteiger partial charge in [-0.05, 0) is 45.4 Å². The highest BCUT2D eigenvalue weighted by Gasteiger charge is 2.20. The van der Waals surface area contributed by atoms with E-state index in [1.54, 1.807) is 4.68 Å². The molecule has 1 amide bonds. The van der Waals surface area contributed by atoms with Crippen LogP contribution in [0, 0.1) is 20.8 Å². The van der Waals surface area contributed by atoms with E-state index >= 15 is 0 Å². The van der Waals surface area contributed by atoms with Crippen LogP contribution in [0.25, 0.3) is 5.69 Å². The molecule has 0 aliphatic rings. The maximum absolute atomic E-state index is 12.8. The van der Waals surface area contributed by atoms with Crippen molar-refractivity contribution in [3.8, 4) is 5.69 Å². The van der Waals surface area contributed by atoms with Gasteiger partial charge in [-0.2, -0.15) is 5.10 Å². The Morgan fingerprint density at radius 3 is 2.56 bits per heavy atom. The predicted molar refractivity (Wildman–Crippen MR) is 96.9 cm³/mol. The molecule has 3 rings (SSSR count). The number of amides is 1. The van der Waals surface area contributed by atoms with Crippen molar-refractivity contribution in [2.45, 2.75) is 33.7 Å². The molecule has 3 aromatic rings. The van der Waals surface area contributed by atoms with Gasteiger partial charge in [-0.15, -0.1) is 0 Å². The second-order valence-corrected chi connectivity index (χ2v) is 6.34. The molecule has 130 valence electrons. The molecular weight excluding hydrogens is 314 g/mol. The van der Waals surface area contributed by atoms with Gasteiger partial charge < -0.3 is 9.88 Å². The summed E-state index contributed by atoms with van der Waals surface area (Å²) in [7, 11) is 1.81. The molecule has 6 nitrogen and oxygen atoms in total. The topological polar surface area (TPSA) is 64.7 Å². The van der Waals surface area contributed by atoms with E-state index < -0.39 is 0 Å². The molecule has 2 aromatic heterocycles. The fourth-order valence-electron chi connectivity index (χ4n) is 3.21. The number of aryl methyl sites for hydroxylation is 3. The average molecular weight is 337 g/mol. The monoisotopic (exact) mass is 337 g/mol. The molecule has 0 spiro atoms. The van der Waals surface area contributed by atoms with Gasteiger partial charge >= 0.3 is 0 Å². The Balaban J connectivity index is 1.91. The van der Waals surface area contributed by atoms with Crippen LogP contribution in [0.2, 0.25) is 0 Å². The van der Waals surface area contributed by atoms with Gasteiger partial charge in [0.1, 0.15) is 12.2 Å². The zero-order chi connectivity index (χ0) is 18.1. The molecule has 0 fully saturated rings. The Kier molecular flexibility index (Phi) is 4.44. The zero-order valence-corrected chi connectivity index (χ0v) is 15.2. The summed E-state index contributed by atoms with van der Waals surface area (Å²) in [6, 6.07) is 9.88. The van der Waals surface area contributed by atoms with Crippen molar-refractivity contribution in [1.82, 2.24) is 24.6 Å². The molecule has 1 aromatic carbocycles. The number of carbonyl (C=O) groups is 1. The number of nitrogens with zero attached hydrogens (tertiary/aromatic N) is 4. The minimum atomic E-state index is -0.221. The van der Waals surface area contributed by atoms with E-state index in [1.165, 1.54) is 11.9 Å². The highest BCUT2D eigenvalue weighted by Crippen LogP contribution is 2.23. The molecular formula is C19H23N5O. The van der Waals surface area contributed by atoms with E-state index in [9.17, 15) is 4.79 Å². The van der Waals surface area contributed by atoms with Crippen molar-refractivity contribution in [3.05, 3.63) is 65.0 Å². The third-order valence-electron chi connectivity index (χ3n) is 4.51. The number of nitrogens with one attached hydrogen (secondary N) is 1. The summed E-state index contributed by atoms with van der Waals surface area (Å²) in [4.78, 5) is 17.0. The Bertz CT molecular complexity index is 922. The molecule has 6 heteroatoms. The third-order valence-corrected chi connectivity index (χ3v) is 4.51. The lowest BCUT2D eigenvalue weighted by Crippen LogP contribution is -2.28. The summed E-state index contributed by atoms with van der Waals surface area (Å²) >= 11 is 0. The summed E-state index contributed by atoms with van der Waals surface area (Å²) in [5.41, 5.74) is 4.90. The van der Waals surface area contributed by atoms with Crippen LogP contribution in [0.15, 0.2) is 36.7 Å². The van der Waals surface area contributed by atoms with E-state index in [-0.39, 0.29) is 11.9 Å². The van der Waals surface area contributed by atoms with Crippen molar-refractivity contribution in [2.75, 3.05) is 0 Å². The Labute approximate surface area is 147 Å². The third kappa shape index (κ3) is 3.07. The first kappa shape index (κ1) is 17.0. The molecule has 0 saturated heterocycles. The second kappa shape index (κ2) is 6.55. The van der Waals surface area contributed by atoms with Crippen LogP contribution in [0.5, 0.6) is 0 Å². The number of benzene rings is 1. The van der Waals surface area contributed by atoms with Crippen LogP contribution in [-0.4, -0.2) is 25.2 Å². The number of hydrogen-bond acceptors (Lipinski definition) is 3. The number of rotatable bonds is 4. The van der Waals surface area contributed by atoms with Crippen molar-refractivity contribution >= 4 is 5.91 Å². The number of hydrogen-bond donors (Lipinski definition) is 1. The van der Waals surface area contributed by atoms with Gasteiger partial charge in [0.2, 0.25) is 0 Å². The fourth-order valence-corrected chi connectivity index (χ4v) is 3.21. The lowest BCUT2D eigenvalue weighted by Gasteiger charge is -2.14. The molecule has 1 N–H and O–H groups in total. The molecule has 1 atom stereocenters.